The first-order valence-corrected chi connectivity index (χ1v) is 7.40. The van der Waals surface area contributed by atoms with Crippen molar-refractivity contribution in [1.29, 1.82) is 0 Å². The second-order valence-electron chi connectivity index (χ2n) is 5.69. The van der Waals surface area contributed by atoms with Crippen LogP contribution in [0.15, 0.2) is 34.9 Å². The summed E-state index contributed by atoms with van der Waals surface area (Å²) in [4.78, 5) is 2.40. The normalized spacial score (nSPS) is 18.1. The molecule has 4 heteroatoms. The molecule has 4 nitrogen and oxygen atoms in total. The van der Waals surface area contributed by atoms with E-state index in [-0.39, 0.29) is 0 Å². The van der Waals surface area contributed by atoms with Crippen LogP contribution in [-0.4, -0.2) is 17.7 Å². The van der Waals surface area contributed by atoms with Crippen LogP contribution in [0.2, 0.25) is 0 Å². The maximum atomic E-state index is 5.51. The van der Waals surface area contributed by atoms with Gasteiger partial charge in [0.15, 0.2) is 0 Å². The van der Waals surface area contributed by atoms with Gasteiger partial charge in [-0.25, -0.2) is 0 Å². The van der Waals surface area contributed by atoms with Gasteiger partial charge in [0.1, 0.15) is 11.5 Å². The summed E-state index contributed by atoms with van der Waals surface area (Å²) < 4.78 is 5.51. The van der Waals surface area contributed by atoms with Crippen molar-refractivity contribution in [3.63, 3.8) is 0 Å². The van der Waals surface area contributed by atoms with E-state index in [1.54, 1.807) is 0 Å². The number of rotatable bonds is 4. The maximum absolute atomic E-state index is 5.51. The molecule has 2 aliphatic rings. The Labute approximate surface area is 118 Å². The quantitative estimate of drug-likeness (QED) is 0.926. The van der Waals surface area contributed by atoms with Crippen LogP contribution in [0.5, 0.6) is 0 Å². The van der Waals surface area contributed by atoms with Crippen LogP contribution in [0.3, 0.4) is 0 Å². The van der Waals surface area contributed by atoms with Gasteiger partial charge < -0.3 is 14.7 Å². The standard InChI is InChI=1S/C16H19N3O/c1-2-4-13(5-3-1)19-9-8-16-14(11-19)15(18-20-16)10-17-12-6-7-12/h1-5,12,17H,6-11H2. The van der Waals surface area contributed by atoms with Crippen molar-refractivity contribution in [2.75, 3.05) is 11.4 Å². The van der Waals surface area contributed by atoms with Gasteiger partial charge in [-0.2, -0.15) is 0 Å². The largest absolute Gasteiger partial charge is 0.367 e. The van der Waals surface area contributed by atoms with Gasteiger partial charge in [0.05, 0.1) is 0 Å². The van der Waals surface area contributed by atoms with Gasteiger partial charge in [-0.15, -0.1) is 0 Å². The molecule has 0 radical (unpaired) electrons. The van der Waals surface area contributed by atoms with Crippen LogP contribution in [0, 0.1) is 0 Å². The lowest BCUT2D eigenvalue weighted by molar-refractivity contribution is 0.371. The first kappa shape index (κ1) is 12.0. The van der Waals surface area contributed by atoms with Crippen LogP contribution >= 0.6 is 0 Å². The fraction of sp³-hybridized carbons (Fsp3) is 0.438. The first-order valence-electron chi connectivity index (χ1n) is 7.40. The van der Waals surface area contributed by atoms with E-state index in [1.165, 1.54) is 24.1 Å². The SMILES string of the molecule is c1ccc(N2CCc3onc(CNC4CC4)c3C2)cc1. The van der Waals surface area contributed by atoms with Crippen molar-refractivity contribution >= 4 is 5.69 Å². The third-order valence-electron chi connectivity index (χ3n) is 4.17. The lowest BCUT2D eigenvalue weighted by Crippen LogP contribution is -2.30. The van der Waals surface area contributed by atoms with Crippen LogP contribution in [0.25, 0.3) is 0 Å². The van der Waals surface area contributed by atoms with E-state index in [2.05, 4.69) is 45.7 Å². The number of nitrogens with zero attached hydrogens (tertiary/aromatic N) is 2. The van der Waals surface area contributed by atoms with E-state index in [1.807, 2.05) is 0 Å². The number of aromatic nitrogens is 1. The van der Waals surface area contributed by atoms with Gasteiger partial charge in [-0.3, -0.25) is 0 Å². The van der Waals surface area contributed by atoms with Gasteiger partial charge in [0.25, 0.3) is 0 Å². The van der Waals surface area contributed by atoms with E-state index in [4.69, 9.17) is 4.52 Å². The minimum absolute atomic E-state index is 0.705. The molecule has 2 aromatic rings. The van der Waals surface area contributed by atoms with Gasteiger partial charge in [0.2, 0.25) is 0 Å². The van der Waals surface area contributed by atoms with Gasteiger partial charge in [-0.1, -0.05) is 23.4 Å². The van der Waals surface area contributed by atoms with E-state index >= 15 is 0 Å². The molecule has 2 heterocycles. The smallest absolute Gasteiger partial charge is 0.143 e. The zero-order valence-electron chi connectivity index (χ0n) is 11.5. The second kappa shape index (κ2) is 4.94. The summed E-state index contributed by atoms with van der Waals surface area (Å²) in [6, 6.07) is 11.3. The number of benzene rings is 1. The molecular formula is C16H19N3O. The Hall–Kier alpha value is -1.81. The minimum atomic E-state index is 0.705. The van der Waals surface area contributed by atoms with Crippen molar-refractivity contribution in [2.45, 2.75) is 38.4 Å². The molecule has 1 fully saturated rings. The monoisotopic (exact) mass is 269 g/mol. The number of hydrogen-bond acceptors (Lipinski definition) is 4. The fourth-order valence-electron chi connectivity index (χ4n) is 2.79. The molecule has 1 N–H and O–H groups in total. The highest BCUT2D eigenvalue weighted by Gasteiger charge is 2.26. The lowest BCUT2D eigenvalue weighted by atomic mass is 10.1. The van der Waals surface area contributed by atoms with Crippen LogP contribution in [0.1, 0.15) is 29.9 Å². The molecule has 20 heavy (non-hydrogen) atoms. The van der Waals surface area contributed by atoms with Crippen molar-refractivity contribution in [1.82, 2.24) is 10.5 Å². The van der Waals surface area contributed by atoms with E-state index < -0.39 is 0 Å². The molecular weight excluding hydrogens is 250 g/mol. The molecule has 1 aliphatic carbocycles. The van der Waals surface area contributed by atoms with Crippen LogP contribution in [0.4, 0.5) is 5.69 Å². The summed E-state index contributed by atoms with van der Waals surface area (Å²) in [5, 5.41) is 7.78. The molecule has 104 valence electrons. The third kappa shape index (κ3) is 2.31. The Morgan fingerprint density at radius 2 is 2.10 bits per heavy atom. The third-order valence-corrected chi connectivity index (χ3v) is 4.17. The Kier molecular flexibility index (Phi) is 2.96. The zero-order chi connectivity index (χ0) is 13.4. The average Bonchev–Trinajstić information content (AvgIpc) is 3.25. The second-order valence-corrected chi connectivity index (χ2v) is 5.69. The number of hydrogen-bond donors (Lipinski definition) is 1. The number of para-hydroxylation sites is 1. The lowest BCUT2D eigenvalue weighted by Gasteiger charge is -2.28. The molecule has 0 bridgehead atoms. The van der Waals surface area contributed by atoms with Gasteiger partial charge in [-0.05, 0) is 25.0 Å². The highest BCUT2D eigenvalue weighted by molar-refractivity contribution is 5.48. The highest BCUT2D eigenvalue weighted by Crippen LogP contribution is 2.27. The Balaban J connectivity index is 1.53. The Bertz CT molecular complexity index is 589. The Morgan fingerprint density at radius 1 is 1.25 bits per heavy atom. The molecule has 4 rings (SSSR count). The van der Waals surface area contributed by atoms with E-state index in [0.717, 1.165) is 37.5 Å². The molecule has 0 saturated heterocycles. The van der Waals surface area contributed by atoms with Crippen molar-refractivity contribution in [3.05, 3.63) is 47.3 Å². The number of nitrogens with one attached hydrogen (secondary N) is 1. The molecule has 1 aromatic heterocycles. The molecule has 0 unspecified atom stereocenters. The summed E-state index contributed by atoms with van der Waals surface area (Å²) in [6.45, 7) is 2.75. The van der Waals surface area contributed by atoms with Crippen molar-refractivity contribution in [3.8, 4) is 0 Å². The molecule has 0 spiro atoms. The predicted molar refractivity (Wildman–Crippen MR) is 77.6 cm³/mol. The first-order chi connectivity index (χ1) is 9.90. The molecule has 1 aromatic carbocycles. The molecule has 1 aliphatic heterocycles. The zero-order valence-corrected chi connectivity index (χ0v) is 11.5. The van der Waals surface area contributed by atoms with Crippen molar-refractivity contribution < 1.29 is 4.52 Å². The molecule has 0 atom stereocenters. The summed E-state index contributed by atoms with van der Waals surface area (Å²) in [5.41, 5.74) is 3.65. The Morgan fingerprint density at radius 3 is 2.90 bits per heavy atom. The van der Waals surface area contributed by atoms with E-state index in [9.17, 15) is 0 Å². The fourth-order valence-corrected chi connectivity index (χ4v) is 2.79. The predicted octanol–water partition coefficient (Wildman–Crippen LogP) is 2.49. The maximum Gasteiger partial charge on any atom is 0.143 e. The summed E-state index contributed by atoms with van der Waals surface area (Å²) in [5.74, 6) is 1.07. The van der Waals surface area contributed by atoms with Crippen molar-refractivity contribution in [2.24, 2.45) is 0 Å². The number of fused-ring (bicyclic) bond motifs is 1. The average molecular weight is 269 g/mol. The number of anilines is 1. The summed E-state index contributed by atoms with van der Waals surface area (Å²) >= 11 is 0. The van der Waals surface area contributed by atoms with Crippen LogP contribution < -0.4 is 10.2 Å². The van der Waals surface area contributed by atoms with Gasteiger partial charge >= 0.3 is 0 Å². The van der Waals surface area contributed by atoms with Crippen LogP contribution in [-0.2, 0) is 19.5 Å². The molecule has 0 amide bonds. The summed E-state index contributed by atoms with van der Waals surface area (Å²) in [7, 11) is 0. The minimum Gasteiger partial charge on any atom is -0.367 e. The highest BCUT2D eigenvalue weighted by atomic mass is 16.5. The molecule has 1 saturated carbocycles. The summed E-state index contributed by atoms with van der Waals surface area (Å²) in [6.07, 6.45) is 3.55. The topological polar surface area (TPSA) is 41.3 Å². The van der Waals surface area contributed by atoms with E-state index in [0.29, 0.717) is 6.04 Å². The van der Waals surface area contributed by atoms with Gasteiger partial charge in [0, 0.05) is 43.3 Å².